The molecule has 0 radical (unpaired) electrons. The van der Waals surface area contributed by atoms with Crippen LogP contribution in [0, 0.1) is 0 Å². The molecule has 3 heterocycles. The molecule has 0 spiro atoms. The average molecular weight is 379 g/mol. The molecule has 4 rings (SSSR count). The number of nitrogens with zero attached hydrogens (tertiary/aromatic N) is 4. The van der Waals surface area contributed by atoms with E-state index in [4.69, 9.17) is 23.1 Å². The summed E-state index contributed by atoms with van der Waals surface area (Å²) in [7, 11) is 0. The summed E-state index contributed by atoms with van der Waals surface area (Å²) in [4.78, 5) is 24.7. The van der Waals surface area contributed by atoms with E-state index in [-0.39, 0.29) is 5.56 Å². The molecule has 0 saturated carbocycles. The molecule has 0 unspecified atom stereocenters. The number of carbonyl (C=O) groups excluding carboxylic acids is 1. The Hall–Kier alpha value is -3.45. The van der Waals surface area contributed by atoms with Crippen molar-refractivity contribution < 1.29 is 4.79 Å². The van der Waals surface area contributed by atoms with Gasteiger partial charge in [0.25, 0.3) is 0 Å². The Morgan fingerprint density at radius 1 is 1.15 bits per heavy atom. The van der Waals surface area contributed by atoms with Crippen LogP contribution >= 0.6 is 11.6 Å². The van der Waals surface area contributed by atoms with Gasteiger partial charge in [-0.3, -0.25) is 9.36 Å². The molecule has 27 heavy (non-hydrogen) atoms. The number of rotatable bonds is 4. The molecule has 3 aromatic heterocycles. The van der Waals surface area contributed by atoms with Crippen molar-refractivity contribution in [2.45, 2.75) is 5.88 Å². The second-order valence-electron chi connectivity index (χ2n) is 5.94. The number of amides is 1. The van der Waals surface area contributed by atoms with E-state index < -0.39 is 5.91 Å². The zero-order valence-corrected chi connectivity index (χ0v) is 14.9. The summed E-state index contributed by atoms with van der Waals surface area (Å²) in [5.41, 5.74) is 15.3. The Bertz CT molecular complexity index is 1150. The highest BCUT2D eigenvalue weighted by molar-refractivity contribution is 6.17. The standard InChI is InChI=1S/C19H15ClN6O/c20-9-11-3-5-13(6-4-11)26-18(14-2-1-7-23-16(14)21)25-15-8-12(17(22)27)10-24-19(15)26/h1-8,10H,9H2,(H2,21,23)(H2,22,27). The number of fused-ring (bicyclic) bond motifs is 1. The number of benzene rings is 1. The van der Waals surface area contributed by atoms with Crippen molar-refractivity contribution in [2.24, 2.45) is 5.73 Å². The van der Waals surface area contributed by atoms with Gasteiger partial charge in [0.05, 0.1) is 11.1 Å². The number of anilines is 1. The second-order valence-corrected chi connectivity index (χ2v) is 6.21. The maximum absolute atomic E-state index is 11.5. The lowest BCUT2D eigenvalue weighted by atomic mass is 10.2. The van der Waals surface area contributed by atoms with Crippen molar-refractivity contribution in [1.82, 2.24) is 19.5 Å². The lowest BCUT2D eigenvalue weighted by molar-refractivity contribution is 0.1000. The maximum atomic E-state index is 11.5. The quantitative estimate of drug-likeness (QED) is 0.530. The van der Waals surface area contributed by atoms with E-state index in [0.29, 0.717) is 34.2 Å². The van der Waals surface area contributed by atoms with Crippen LogP contribution in [-0.4, -0.2) is 25.4 Å². The Morgan fingerprint density at radius 3 is 2.59 bits per heavy atom. The summed E-state index contributed by atoms with van der Waals surface area (Å²) in [5.74, 6) is 0.783. The van der Waals surface area contributed by atoms with Gasteiger partial charge in [0, 0.05) is 24.0 Å². The van der Waals surface area contributed by atoms with E-state index in [1.807, 2.05) is 34.9 Å². The first-order chi connectivity index (χ1) is 13.1. The number of nitrogen functional groups attached to an aromatic ring is 1. The third kappa shape index (κ3) is 2.98. The predicted octanol–water partition coefficient (Wildman–Crippen LogP) is 2.90. The minimum absolute atomic E-state index is 0.287. The van der Waals surface area contributed by atoms with E-state index in [1.54, 1.807) is 18.3 Å². The lowest BCUT2D eigenvalue weighted by Crippen LogP contribution is -2.11. The first kappa shape index (κ1) is 17.0. The first-order valence-corrected chi connectivity index (χ1v) is 8.66. The molecule has 1 aromatic carbocycles. The number of primary amides is 1. The Labute approximate surface area is 159 Å². The normalized spacial score (nSPS) is 11.0. The largest absolute Gasteiger partial charge is 0.383 e. The van der Waals surface area contributed by atoms with Gasteiger partial charge in [-0.1, -0.05) is 12.1 Å². The van der Waals surface area contributed by atoms with Crippen LogP contribution in [0.2, 0.25) is 0 Å². The van der Waals surface area contributed by atoms with Gasteiger partial charge in [0.1, 0.15) is 11.3 Å². The molecule has 0 atom stereocenters. The fourth-order valence-electron chi connectivity index (χ4n) is 2.87. The molecule has 0 fully saturated rings. The highest BCUT2D eigenvalue weighted by Gasteiger charge is 2.18. The van der Waals surface area contributed by atoms with Crippen molar-refractivity contribution in [2.75, 3.05) is 5.73 Å². The molecule has 0 saturated heterocycles. The van der Waals surface area contributed by atoms with Gasteiger partial charge in [-0.05, 0) is 35.9 Å². The number of nitrogens with two attached hydrogens (primary N) is 2. The van der Waals surface area contributed by atoms with Gasteiger partial charge >= 0.3 is 0 Å². The van der Waals surface area contributed by atoms with Crippen LogP contribution in [0.3, 0.4) is 0 Å². The minimum Gasteiger partial charge on any atom is -0.383 e. The number of hydrogen-bond donors (Lipinski definition) is 2. The summed E-state index contributed by atoms with van der Waals surface area (Å²) in [6.07, 6.45) is 3.05. The third-order valence-electron chi connectivity index (χ3n) is 4.21. The van der Waals surface area contributed by atoms with E-state index in [9.17, 15) is 4.79 Å². The summed E-state index contributed by atoms with van der Waals surface area (Å²) in [6.45, 7) is 0. The molecule has 1 amide bonds. The van der Waals surface area contributed by atoms with Crippen molar-refractivity contribution in [3.63, 3.8) is 0 Å². The van der Waals surface area contributed by atoms with Crippen LogP contribution in [0.15, 0.2) is 54.9 Å². The van der Waals surface area contributed by atoms with Crippen LogP contribution in [0.1, 0.15) is 15.9 Å². The molecule has 4 aromatic rings. The van der Waals surface area contributed by atoms with E-state index >= 15 is 0 Å². The summed E-state index contributed by atoms with van der Waals surface area (Å²) in [6, 6.07) is 13.0. The van der Waals surface area contributed by atoms with Crippen LogP contribution in [0.5, 0.6) is 0 Å². The Balaban J connectivity index is 2.02. The molecule has 0 aliphatic carbocycles. The van der Waals surface area contributed by atoms with Crippen molar-refractivity contribution >= 4 is 34.5 Å². The number of pyridine rings is 2. The fourth-order valence-corrected chi connectivity index (χ4v) is 3.04. The maximum Gasteiger partial charge on any atom is 0.250 e. The number of hydrogen-bond acceptors (Lipinski definition) is 5. The predicted molar refractivity (Wildman–Crippen MR) is 105 cm³/mol. The summed E-state index contributed by atoms with van der Waals surface area (Å²) < 4.78 is 1.87. The first-order valence-electron chi connectivity index (χ1n) is 8.13. The molecule has 0 aliphatic heterocycles. The van der Waals surface area contributed by atoms with Gasteiger partial charge in [-0.15, -0.1) is 11.6 Å². The fraction of sp³-hybridized carbons (Fsp3) is 0.0526. The monoisotopic (exact) mass is 378 g/mol. The van der Waals surface area contributed by atoms with Gasteiger partial charge in [0.2, 0.25) is 5.91 Å². The third-order valence-corrected chi connectivity index (χ3v) is 4.52. The molecule has 0 aliphatic rings. The van der Waals surface area contributed by atoms with Crippen LogP contribution < -0.4 is 11.5 Å². The van der Waals surface area contributed by atoms with Gasteiger partial charge in [-0.25, -0.2) is 15.0 Å². The van der Waals surface area contributed by atoms with Crippen molar-refractivity contribution in [1.29, 1.82) is 0 Å². The second kappa shape index (κ2) is 6.69. The SMILES string of the molecule is NC(=O)c1cnc2c(c1)nc(-c1cccnc1N)n2-c1ccc(CCl)cc1. The average Bonchev–Trinajstić information content (AvgIpc) is 3.06. The number of halogens is 1. The highest BCUT2D eigenvalue weighted by atomic mass is 35.5. The Kier molecular flexibility index (Phi) is 4.21. The van der Waals surface area contributed by atoms with Crippen molar-refractivity contribution in [3.05, 3.63) is 66.0 Å². The highest BCUT2D eigenvalue weighted by Crippen LogP contribution is 2.30. The molecular formula is C19H15ClN6O. The molecule has 7 nitrogen and oxygen atoms in total. The number of carbonyl (C=O) groups is 1. The molecule has 4 N–H and O–H groups in total. The number of imidazole rings is 1. The van der Waals surface area contributed by atoms with Crippen LogP contribution in [0.25, 0.3) is 28.2 Å². The Morgan fingerprint density at radius 2 is 1.93 bits per heavy atom. The van der Waals surface area contributed by atoms with E-state index in [0.717, 1.165) is 11.3 Å². The van der Waals surface area contributed by atoms with E-state index in [1.165, 1.54) is 6.20 Å². The van der Waals surface area contributed by atoms with Gasteiger partial charge in [-0.2, -0.15) is 0 Å². The number of aromatic nitrogens is 4. The topological polar surface area (TPSA) is 113 Å². The summed E-state index contributed by atoms with van der Waals surface area (Å²) >= 11 is 5.89. The molecular weight excluding hydrogens is 364 g/mol. The number of alkyl halides is 1. The van der Waals surface area contributed by atoms with Gasteiger partial charge < -0.3 is 11.5 Å². The minimum atomic E-state index is -0.562. The smallest absolute Gasteiger partial charge is 0.250 e. The summed E-state index contributed by atoms with van der Waals surface area (Å²) in [5, 5.41) is 0. The van der Waals surface area contributed by atoms with Crippen LogP contribution in [0.4, 0.5) is 5.82 Å². The zero-order valence-electron chi connectivity index (χ0n) is 14.1. The van der Waals surface area contributed by atoms with Crippen molar-refractivity contribution in [3.8, 4) is 17.1 Å². The zero-order chi connectivity index (χ0) is 19.0. The van der Waals surface area contributed by atoms with E-state index in [2.05, 4.69) is 15.0 Å². The molecule has 0 bridgehead atoms. The lowest BCUT2D eigenvalue weighted by Gasteiger charge is -2.10. The van der Waals surface area contributed by atoms with Gasteiger partial charge in [0.15, 0.2) is 11.5 Å². The van der Waals surface area contributed by atoms with Crippen LogP contribution in [-0.2, 0) is 5.88 Å². The molecule has 8 heteroatoms. The molecule has 134 valence electrons.